The Hall–Kier alpha value is -2.90. The van der Waals surface area contributed by atoms with Crippen LogP contribution in [0.1, 0.15) is 39.5 Å². The first kappa shape index (κ1) is 21.4. The number of aromatic amines is 1. The number of amides is 1. The predicted molar refractivity (Wildman–Crippen MR) is 106 cm³/mol. The number of esters is 1. The van der Waals surface area contributed by atoms with Crippen LogP contribution in [0.25, 0.3) is 10.8 Å². The Balaban J connectivity index is 1.88. The van der Waals surface area contributed by atoms with Gasteiger partial charge in [0.05, 0.1) is 10.8 Å². The second kappa shape index (κ2) is 10.4. The lowest BCUT2D eigenvalue weighted by Gasteiger charge is -2.15. The van der Waals surface area contributed by atoms with E-state index in [1.807, 2.05) is 0 Å². The van der Waals surface area contributed by atoms with Crippen LogP contribution >= 0.6 is 0 Å². The largest absolute Gasteiger partial charge is 0.454 e. The SMILES string of the molecule is CCCC[C@H](CC)CNC(=O)COC(=O)Cn1[nH]c(=O)c2ccccc2c1=O. The van der Waals surface area contributed by atoms with Crippen molar-refractivity contribution in [2.24, 2.45) is 5.92 Å². The van der Waals surface area contributed by atoms with Gasteiger partial charge in [-0.05, 0) is 24.5 Å². The average molecular weight is 389 g/mol. The van der Waals surface area contributed by atoms with Gasteiger partial charge in [0.15, 0.2) is 6.61 Å². The first-order valence-electron chi connectivity index (χ1n) is 9.60. The van der Waals surface area contributed by atoms with E-state index in [1.165, 1.54) is 12.1 Å². The van der Waals surface area contributed by atoms with Crippen molar-refractivity contribution in [2.45, 2.75) is 46.1 Å². The van der Waals surface area contributed by atoms with Crippen molar-refractivity contribution in [3.05, 3.63) is 45.0 Å². The smallest absolute Gasteiger partial charge is 0.328 e. The molecule has 0 saturated carbocycles. The number of carbonyl (C=O) groups is 2. The fraction of sp³-hybridized carbons (Fsp3) is 0.500. The van der Waals surface area contributed by atoms with Crippen LogP contribution in [0, 0.1) is 5.92 Å². The maximum Gasteiger partial charge on any atom is 0.328 e. The quantitative estimate of drug-likeness (QED) is 0.599. The molecule has 0 aliphatic carbocycles. The van der Waals surface area contributed by atoms with Crippen LogP contribution in [0.15, 0.2) is 33.9 Å². The Labute approximate surface area is 162 Å². The molecular formula is C20H27N3O5. The van der Waals surface area contributed by atoms with Crippen molar-refractivity contribution in [3.63, 3.8) is 0 Å². The number of unbranched alkanes of at least 4 members (excludes halogenated alkanes) is 1. The van der Waals surface area contributed by atoms with E-state index in [4.69, 9.17) is 4.74 Å². The molecule has 2 N–H and O–H groups in total. The van der Waals surface area contributed by atoms with Crippen LogP contribution in [0.2, 0.25) is 0 Å². The molecule has 0 aliphatic rings. The summed E-state index contributed by atoms with van der Waals surface area (Å²) in [6, 6.07) is 6.34. The lowest BCUT2D eigenvalue weighted by molar-refractivity contribution is -0.149. The van der Waals surface area contributed by atoms with Gasteiger partial charge in [0.2, 0.25) is 0 Å². The van der Waals surface area contributed by atoms with E-state index in [2.05, 4.69) is 24.3 Å². The molecule has 28 heavy (non-hydrogen) atoms. The van der Waals surface area contributed by atoms with E-state index in [1.54, 1.807) is 12.1 Å². The predicted octanol–water partition coefficient (Wildman–Crippen LogP) is 1.57. The van der Waals surface area contributed by atoms with E-state index in [-0.39, 0.29) is 16.7 Å². The monoisotopic (exact) mass is 389 g/mol. The van der Waals surface area contributed by atoms with Crippen molar-refractivity contribution >= 4 is 22.6 Å². The Bertz CT molecular complexity index is 931. The fourth-order valence-electron chi connectivity index (χ4n) is 2.93. The number of hydrogen-bond acceptors (Lipinski definition) is 5. The first-order valence-corrected chi connectivity index (χ1v) is 9.60. The van der Waals surface area contributed by atoms with Crippen LogP contribution in [-0.2, 0) is 20.9 Å². The van der Waals surface area contributed by atoms with Gasteiger partial charge in [-0.1, -0.05) is 45.2 Å². The molecule has 8 nitrogen and oxygen atoms in total. The molecule has 1 atom stereocenters. The number of ether oxygens (including phenoxy) is 1. The Morgan fingerprint density at radius 2 is 1.89 bits per heavy atom. The number of nitrogens with zero attached hydrogens (tertiary/aromatic N) is 1. The summed E-state index contributed by atoms with van der Waals surface area (Å²) in [4.78, 5) is 48.2. The van der Waals surface area contributed by atoms with Gasteiger partial charge in [-0.25, -0.2) is 4.68 Å². The van der Waals surface area contributed by atoms with Gasteiger partial charge in [-0.15, -0.1) is 0 Å². The number of hydrogen-bond donors (Lipinski definition) is 2. The highest BCUT2D eigenvalue weighted by Gasteiger charge is 2.13. The van der Waals surface area contributed by atoms with Crippen LogP contribution in [0.5, 0.6) is 0 Å². The summed E-state index contributed by atoms with van der Waals surface area (Å²) in [5.74, 6) is -0.760. The van der Waals surface area contributed by atoms with Gasteiger partial charge < -0.3 is 10.1 Å². The fourth-order valence-corrected chi connectivity index (χ4v) is 2.93. The highest BCUT2D eigenvalue weighted by Crippen LogP contribution is 2.11. The highest BCUT2D eigenvalue weighted by molar-refractivity contribution is 5.81. The van der Waals surface area contributed by atoms with Crippen molar-refractivity contribution in [3.8, 4) is 0 Å². The zero-order valence-corrected chi connectivity index (χ0v) is 16.3. The Morgan fingerprint density at radius 3 is 2.57 bits per heavy atom. The maximum absolute atomic E-state index is 12.4. The number of fused-ring (bicyclic) bond motifs is 1. The number of nitrogens with one attached hydrogen (secondary N) is 2. The molecule has 152 valence electrons. The molecule has 8 heteroatoms. The third-order valence-electron chi connectivity index (χ3n) is 4.67. The summed E-state index contributed by atoms with van der Waals surface area (Å²) in [7, 11) is 0. The van der Waals surface area contributed by atoms with Gasteiger partial charge >= 0.3 is 5.97 Å². The van der Waals surface area contributed by atoms with Gasteiger partial charge in [0.1, 0.15) is 6.54 Å². The topological polar surface area (TPSA) is 110 Å². The number of benzene rings is 1. The minimum Gasteiger partial charge on any atom is -0.454 e. The van der Waals surface area contributed by atoms with Gasteiger partial charge in [0, 0.05) is 6.54 Å². The van der Waals surface area contributed by atoms with E-state index in [9.17, 15) is 19.2 Å². The molecule has 0 fully saturated rings. The second-order valence-electron chi connectivity index (χ2n) is 6.76. The van der Waals surface area contributed by atoms with E-state index >= 15 is 0 Å². The van der Waals surface area contributed by atoms with Crippen molar-refractivity contribution in [2.75, 3.05) is 13.2 Å². The van der Waals surface area contributed by atoms with Gasteiger partial charge in [-0.3, -0.25) is 24.3 Å². The molecule has 0 saturated heterocycles. The molecule has 0 unspecified atom stereocenters. The van der Waals surface area contributed by atoms with Crippen molar-refractivity contribution in [1.29, 1.82) is 0 Å². The summed E-state index contributed by atoms with van der Waals surface area (Å²) in [5.41, 5.74) is -0.975. The summed E-state index contributed by atoms with van der Waals surface area (Å²) < 4.78 is 5.82. The molecule has 0 aliphatic heterocycles. The molecular weight excluding hydrogens is 362 g/mol. The summed E-state index contributed by atoms with van der Waals surface area (Å²) in [5, 5.41) is 5.59. The van der Waals surface area contributed by atoms with Gasteiger partial charge in [-0.2, -0.15) is 0 Å². The Kier molecular flexibility index (Phi) is 7.98. The van der Waals surface area contributed by atoms with E-state index < -0.39 is 30.2 Å². The number of carbonyl (C=O) groups excluding carboxylic acids is 2. The average Bonchev–Trinajstić information content (AvgIpc) is 2.70. The zero-order chi connectivity index (χ0) is 20.5. The summed E-state index contributed by atoms with van der Waals surface area (Å²) >= 11 is 0. The van der Waals surface area contributed by atoms with Crippen LogP contribution in [0.3, 0.4) is 0 Å². The maximum atomic E-state index is 12.4. The molecule has 1 amide bonds. The van der Waals surface area contributed by atoms with Crippen molar-refractivity contribution in [1.82, 2.24) is 15.1 Å². The van der Waals surface area contributed by atoms with Crippen LogP contribution < -0.4 is 16.4 Å². The minimum atomic E-state index is -0.777. The normalized spacial score (nSPS) is 11.9. The van der Waals surface area contributed by atoms with Crippen LogP contribution in [0.4, 0.5) is 0 Å². The second-order valence-corrected chi connectivity index (χ2v) is 6.76. The lowest BCUT2D eigenvalue weighted by Crippen LogP contribution is -2.35. The molecule has 0 spiro atoms. The van der Waals surface area contributed by atoms with E-state index in [0.29, 0.717) is 12.5 Å². The molecule has 1 heterocycles. The third kappa shape index (κ3) is 5.80. The standard InChI is InChI=1S/C20H27N3O5/c1-3-5-8-14(4-2)11-21-17(24)13-28-18(25)12-23-20(27)16-10-7-6-9-15(16)19(26)22-23/h6-7,9-10,14H,3-5,8,11-13H2,1-2H3,(H,21,24)(H,22,26)/t14-/m0/s1. The number of rotatable bonds is 10. The minimum absolute atomic E-state index is 0.217. The molecule has 0 bridgehead atoms. The van der Waals surface area contributed by atoms with E-state index in [0.717, 1.165) is 30.4 Å². The molecule has 2 aromatic rings. The Morgan fingerprint density at radius 1 is 1.18 bits per heavy atom. The summed E-state index contributed by atoms with van der Waals surface area (Å²) in [6.45, 7) is 3.85. The zero-order valence-electron chi connectivity index (χ0n) is 16.3. The number of aromatic nitrogens is 2. The summed E-state index contributed by atoms with van der Waals surface area (Å²) in [6.07, 6.45) is 4.24. The lowest BCUT2D eigenvalue weighted by atomic mass is 9.99. The first-order chi connectivity index (χ1) is 13.5. The molecule has 1 aromatic carbocycles. The highest BCUT2D eigenvalue weighted by atomic mass is 16.5. The molecule has 0 radical (unpaired) electrons. The molecule has 2 rings (SSSR count). The van der Waals surface area contributed by atoms with Crippen molar-refractivity contribution < 1.29 is 14.3 Å². The van der Waals surface area contributed by atoms with Crippen LogP contribution in [-0.4, -0.2) is 34.8 Å². The number of H-pyrrole nitrogens is 1. The molecule has 1 aromatic heterocycles. The van der Waals surface area contributed by atoms with Gasteiger partial charge in [0.25, 0.3) is 17.0 Å². The third-order valence-corrected chi connectivity index (χ3v) is 4.67.